The first-order chi connectivity index (χ1) is 17.5. The molecule has 4 nitrogen and oxygen atoms in total. The summed E-state index contributed by atoms with van der Waals surface area (Å²) in [5, 5.41) is 10.7. The van der Waals surface area contributed by atoms with E-state index in [-0.39, 0.29) is 29.9 Å². The summed E-state index contributed by atoms with van der Waals surface area (Å²) >= 11 is 1.39. The lowest BCUT2D eigenvalue weighted by atomic mass is 9.97. The molecule has 188 valence electrons. The largest absolute Gasteiger partial charge is 0.508 e. The number of aromatic hydroxyl groups is 1. The number of likely N-dealkylation sites (tertiary alicyclic amines) is 1. The topological polar surface area (TPSA) is 49.8 Å². The van der Waals surface area contributed by atoms with Crippen LogP contribution in [0.4, 0.5) is 8.78 Å². The quantitative estimate of drug-likeness (QED) is 0.261. The van der Waals surface area contributed by atoms with Gasteiger partial charge in [0.05, 0.1) is 6.67 Å². The molecular formula is C29H29F2NO3S. The van der Waals surface area contributed by atoms with Crippen LogP contribution in [-0.4, -0.2) is 48.7 Å². The highest BCUT2D eigenvalue weighted by atomic mass is 32.1. The van der Waals surface area contributed by atoms with Crippen LogP contribution in [0, 0.1) is 11.7 Å². The average molecular weight is 510 g/mol. The van der Waals surface area contributed by atoms with Gasteiger partial charge in [0.1, 0.15) is 23.9 Å². The molecule has 36 heavy (non-hydrogen) atoms. The number of ether oxygens (including phenoxy) is 1. The molecule has 0 spiro atoms. The van der Waals surface area contributed by atoms with Crippen LogP contribution in [0.15, 0.2) is 66.7 Å². The second kappa shape index (κ2) is 11.6. The zero-order valence-electron chi connectivity index (χ0n) is 20.3. The molecule has 1 fully saturated rings. The number of nitrogens with zero attached hydrogens (tertiary/aromatic N) is 1. The first kappa shape index (κ1) is 25.8. The molecule has 1 N–H and O–H groups in total. The first-order valence-electron chi connectivity index (χ1n) is 12.1. The summed E-state index contributed by atoms with van der Waals surface area (Å²) < 4.78 is 32.6. The van der Waals surface area contributed by atoms with E-state index >= 15 is 0 Å². The van der Waals surface area contributed by atoms with Gasteiger partial charge in [0.15, 0.2) is 5.78 Å². The van der Waals surface area contributed by atoms with Gasteiger partial charge in [0.25, 0.3) is 0 Å². The third-order valence-corrected chi connectivity index (χ3v) is 7.25. The van der Waals surface area contributed by atoms with Crippen molar-refractivity contribution in [2.75, 3.05) is 32.9 Å². The number of ketones is 1. The van der Waals surface area contributed by atoms with E-state index in [0.717, 1.165) is 40.2 Å². The van der Waals surface area contributed by atoms with Crippen LogP contribution in [0.5, 0.6) is 11.5 Å². The summed E-state index contributed by atoms with van der Waals surface area (Å²) in [6.45, 7) is 6.52. The molecule has 0 unspecified atom stereocenters. The molecule has 2 heterocycles. The maximum atomic E-state index is 13.6. The van der Waals surface area contributed by atoms with Crippen molar-refractivity contribution in [1.82, 2.24) is 4.90 Å². The Morgan fingerprint density at radius 1 is 1.06 bits per heavy atom. The molecule has 7 heteroatoms. The second-order valence-corrected chi connectivity index (χ2v) is 9.53. The Bertz CT molecular complexity index is 1310. The van der Waals surface area contributed by atoms with E-state index in [0.29, 0.717) is 23.5 Å². The summed E-state index contributed by atoms with van der Waals surface area (Å²) in [6, 6.07) is 18.0. The number of thiophene rings is 1. The Morgan fingerprint density at radius 3 is 2.42 bits per heavy atom. The van der Waals surface area contributed by atoms with Gasteiger partial charge in [-0.15, -0.1) is 11.3 Å². The number of phenols is 1. The highest BCUT2D eigenvalue weighted by molar-refractivity contribution is 7.22. The summed E-state index contributed by atoms with van der Waals surface area (Å²) in [4.78, 5) is 16.5. The molecule has 1 aliphatic heterocycles. The second-order valence-electron chi connectivity index (χ2n) is 8.48. The Kier molecular flexibility index (Phi) is 8.33. The molecule has 0 amide bonds. The van der Waals surface area contributed by atoms with Crippen molar-refractivity contribution in [2.24, 2.45) is 5.92 Å². The standard InChI is InChI=1S/C27H23F2NO3S.C2H6/c28-14-17-15-30(16-17)11-12-33-22-8-3-18(4-9-22)26(32)25-23-10-7-21(31)13-24(23)34-27(25)19-1-5-20(29)6-2-19;1-2/h1-10,13,17,31H,11-12,14-16H2;1-2H3. The molecule has 0 aliphatic carbocycles. The van der Waals surface area contributed by atoms with Crippen LogP contribution in [0.3, 0.4) is 0 Å². The van der Waals surface area contributed by atoms with Gasteiger partial charge < -0.3 is 9.84 Å². The fourth-order valence-corrected chi connectivity index (χ4v) is 5.45. The lowest BCUT2D eigenvalue weighted by Crippen LogP contribution is -2.49. The van der Waals surface area contributed by atoms with Crippen LogP contribution in [0.2, 0.25) is 0 Å². The number of hydrogen-bond acceptors (Lipinski definition) is 5. The zero-order valence-corrected chi connectivity index (χ0v) is 21.2. The van der Waals surface area contributed by atoms with Gasteiger partial charge in [-0.3, -0.25) is 14.1 Å². The summed E-state index contributed by atoms with van der Waals surface area (Å²) in [5.74, 6) is 0.446. The van der Waals surface area contributed by atoms with Gasteiger partial charge in [0.2, 0.25) is 0 Å². The Hall–Kier alpha value is -3.29. The molecule has 5 rings (SSSR count). The number of halogens is 2. The van der Waals surface area contributed by atoms with Crippen molar-refractivity contribution in [2.45, 2.75) is 13.8 Å². The van der Waals surface area contributed by atoms with Crippen LogP contribution in [0.1, 0.15) is 29.8 Å². The van der Waals surface area contributed by atoms with E-state index in [2.05, 4.69) is 4.90 Å². The summed E-state index contributed by atoms with van der Waals surface area (Å²) in [5.41, 5.74) is 1.78. The first-order valence-corrected chi connectivity index (χ1v) is 12.9. The maximum Gasteiger partial charge on any atom is 0.195 e. The van der Waals surface area contributed by atoms with Gasteiger partial charge in [-0.25, -0.2) is 4.39 Å². The van der Waals surface area contributed by atoms with Gasteiger partial charge in [-0.05, 0) is 60.2 Å². The van der Waals surface area contributed by atoms with Gasteiger partial charge in [-0.1, -0.05) is 26.0 Å². The Balaban J connectivity index is 0.00000148. The molecule has 0 atom stereocenters. The Morgan fingerprint density at radius 2 is 1.75 bits per heavy atom. The maximum absolute atomic E-state index is 13.6. The Labute approximate surface area is 213 Å². The molecule has 4 aromatic rings. The predicted octanol–water partition coefficient (Wildman–Crippen LogP) is 6.95. The van der Waals surface area contributed by atoms with E-state index in [1.165, 1.54) is 23.5 Å². The molecule has 1 aliphatic rings. The summed E-state index contributed by atoms with van der Waals surface area (Å²) in [6.07, 6.45) is 0. The van der Waals surface area contributed by atoms with Gasteiger partial charge in [0, 0.05) is 51.6 Å². The molecular weight excluding hydrogens is 480 g/mol. The van der Waals surface area contributed by atoms with Crippen LogP contribution < -0.4 is 4.74 Å². The van der Waals surface area contributed by atoms with Gasteiger partial charge >= 0.3 is 0 Å². The molecule has 1 aromatic heterocycles. The van der Waals surface area contributed by atoms with Crippen LogP contribution in [-0.2, 0) is 0 Å². The number of fused-ring (bicyclic) bond motifs is 1. The number of hydrogen-bond donors (Lipinski definition) is 1. The number of rotatable bonds is 8. The number of alkyl halides is 1. The fraction of sp³-hybridized carbons (Fsp3) is 0.276. The highest BCUT2D eigenvalue weighted by Gasteiger charge is 2.26. The van der Waals surface area contributed by atoms with Crippen molar-refractivity contribution in [1.29, 1.82) is 0 Å². The predicted molar refractivity (Wildman–Crippen MR) is 142 cm³/mol. The smallest absolute Gasteiger partial charge is 0.195 e. The van der Waals surface area contributed by atoms with E-state index in [1.807, 2.05) is 13.8 Å². The molecule has 0 bridgehead atoms. The third-order valence-electron chi connectivity index (χ3n) is 6.05. The van der Waals surface area contributed by atoms with Crippen molar-refractivity contribution in [3.8, 4) is 21.9 Å². The monoisotopic (exact) mass is 509 g/mol. The number of phenolic OH excluding ortho intramolecular Hbond substituents is 1. The van der Waals surface area contributed by atoms with Crippen molar-refractivity contribution < 1.29 is 23.4 Å². The van der Waals surface area contributed by atoms with Crippen molar-refractivity contribution in [3.05, 3.63) is 83.7 Å². The van der Waals surface area contributed by atoms with Crippen LogP contribution >= 0.6 is 11.3 Å². The minimum Gasteiger partial charge on any atom is -0.508 e. The lowest BCUT2D eigenvalue weighted by molar-refractivity contribution is 0.0668. The summed E-state index contributed by atoms with van der Waals surface area (Å²) in [7, 11) is 0. The number of benzene rings is 3. The van der Waals surface area contributed by atoms with Crippen LogP contribution in [0.25, 0.3) is 20.5 Å². The fourth-order valence-electron chi connectivity index (χ4n) is 4.21. The molecule has 1 saturated heterocycles. The molecule has 3 aromatic carbocycles. The third kappa shape index (κ3) is 5.58. The van der Waals surface area contributed by atoms with E-state index in [1.54, 1.807) is 54.6 Å². The van der Waals surface area contributed by atoms with Crippen molar-refractivity contribution >= 4 is 27.2 Å². The zero-order chi connectivity index (χ0) is 25.7. The average Bonchev–Trinajstić information content (AvgIpc) is 3.25. The molecule has 0 radical (unpaired) electrons. The minimum atomic E-state index is -0.345. The van der Waals surface area contributed by atoms with Crippen molar-refractivity contribution in [3.63, 3.8) is 0 Å². The minimum absolute atomic E-state index is 0.123. The van der Waals surface area contributed by atoms with E-state index in [4.69, 9.17) is 4.74 Å². The highest BCUT2D eigenvalue weighted by Crippen LogP contribution is 2.41. The normalized spacial score (nSPS) is 13.7. The molecule has 0 saturated carbocycles. The van der Waals surface area contributed by atoms with E-state index in [9.17, 15) is 18.7 Å². The van der Waals surface area contributed by atoms with E-state index < -0.39 is 0 Å². The lowest BCUT2D eigenvalue weighted by Gasteiger charge is -2.37. The number of carbonyl (C=O) groups is 1. The number of carbonyl (C=O) groups excluding carboxylic acids is 1. The SMILES string of the molecule is CC.O=C(c1ccc(OCCN2CC(CF)C2)cc1)c1c(-c2ccc(F)cc2)sc2cc(O)ccc12. The van der Waals surface area contributed by atoms with Gasteiger partial charge in [-0.2, -0.15) is 0 Å².